The highest BCUT2D eigenvalue weighted by Gasteiger charge is 2.04. The summed E-state index contributed by atoms with van der Waals surface area (Å²) in [5.74, 6) is 0. The van der Waals surface area contributed by atoms with Crippen LogP contribution in [0.2, 0.25) is 0 Å². The molecule has 82 valence electrons. The molecule has 0 fully saturated rings. The smallest absolute Gasteiger partial charge is 0.326 e. The zero-order valence-electron chi connectivity index (χ0n) is 8.38. The van der Waals surface area contributed by atoms with E-state index in [0.717, 1.165) is 0 Å². The van der Waals surface area contributed by atoms with Crippen molar-refractivity contribution in [1.82, 2.24) is 14.5 Å². The molecule has 2 aromatic rings. The minimum Gasteiger partial charge on any atom is -0.326 e. The van der Waals surface area contributed by atoms with Crippen molar-refractivity contribution in [3.05, 3.63) is 57.1 Å². The number of hydrogen-bond acceptors (Lipinski definition) is 4. The number of nitrogens with one attached hydrogen (secondary N) is 1. The molecule has 0 saturated heterocycles. The van der Waals surface area contributed by atoms with E-state index in [2.05, 4.69) is 9.97 Å². The van der Waals surface area contributed by atoms with Gasteiger partial charge in [0.25, 0.3) is 5.56 Å². The zero-order chi connectivity index (χ0) is 11.5. The van der Waals surface area contributed by atoms with Crippen molar-refractivity contribution >= 4 is 0 Å². The number of pyridine rings is 1. The summed E-state index contributed by atoms with van der Waals surface area (Å²) in [6.45, 7) is 0.0840. The lowest BCUT2D eigenvalue weighted by molar-refractivity contribution is 0.851. The van der Waals surface area contributed by atoms with E-state index in [1.807, 2.05) is 0 Å². The van der Waals surface area contributed by atoms with Crippen molar-refractivity contribution in [3.8, 4) is 5.69 Å². The third kappa shape index (κ3) is 1.78. The van der Waals surface area contributed by atoms with E-state index in [-0.39, 0.29) is 6.54 Å². The molecule has 2 heterocycles. The van der Waals surface area contributed by atoms with Crippen molar-refractivity contribution in [1.29, 1.82) is 0 Å². The van der Waals surface area contributed by atoms with Gasteiger partial charge in [0.1, 0.15) is 0 Å². The van der Waals surface area contributed by atoms with Crippen LogP contribution in [-0.2, 0) is 6.54 Å². The molecule has 0 aliphatic carbocycles. The first-order valence-electron chi connectivity index (χ1n) is 4.67. The molecule has 0 unspecified atom stereocenters. The lowest BCUT2D eigenvalue weighted by Crippen LogP contribution is -2.31. The number of hydrogen-bond donors (Lipinski definition) is 2. The van der Waals surface area contributed by atoms with Gasteiger partial charge in [-0.15, -0.1) is 0 Å². The monoisotopic (exact) mass is 218 g/mol. The Morgan fingerprint density at radius 2 is 2.00 bits per heavy atom. The van der Waals surface area contributed by atoms with Gasteiger partial charge < -0.3 is 5.73 Å². The zero-order valence-corrected chi connectivity index (χ0v) is 8.38. The molecule has 3 N–H and O–H groups in total. The molecule has 6 heteroatoms. The first-order valence-corrected chi connectivity index (χ1v) is 4.67. The van der Waals surface area contributed by atoms with E-state index in [1.54, 1.807) is 24.5 Å². The number of nitrogens with zero attached hydrogens (tertiary/aromatic N) is 2. The van der Waals surface area contributed by atoms with Crippen molar-refractivity contribution in [2.24, 2.45) is 5.73 Å². The number of aromatic nitrogens is 3. The minimum absolute atomic E-state index is 0.0840. The number of aromatic amines is 1. The maximum absolute atomic E-state index is 11.6. The highest BCUT2D eigenvalue weighted by Crippen LogP contribution is 2.01. The summed E-state index contributed by atoms with van der Waals surface area (Å²) in [4.78, 5) is 28.9. The minimum atomic E-state index is -0.492. The summed E-state index contributed by atoms with van der Waals surface area (Å²) in [5.41, 5.74) is 5.45. The SMILES string of the molecule is NCc1cn(-c2ccncc2)c(=O)[nH]c1=O. The van der Waals surface area contributed by atoms with Gasteiger partial charge in [-0.25, -0.2) is 4.79 Å². The molecule has 0 aromatic carbocycles. The molecule has 16 heavy (non-hydrogen) atoms. The molecule has 0 radical (unpaired) electrons. The molecule has 2 rings (SSSR count). The fourth-order valence-corrected chi connectivity index (χ4v) is 1.35. The van der Waals surface area contributed by atoms with Gasteiger partial charge in [-0.3, -0.25) is 19.3 Å². The predicted octanol–water partition coefficient (Wildman–Crippen LogP) is -0.621. The standard InChI is InChI=1S/C10H10N4O2/c11-5-7-6-14(10(16)13-9(7)15)8-1-3-12-4-2-8/h1-4,6H,5,11H2,(H,13,15,16). The van der Waals surface area contributed by atoms with Gasteiger partial charge in [-0.1, -0.05) is 0 Å². The molecule has 0 aliphatic heterocycles. The molecular formula is C10H10N4O2. The van der Waals surface area contributed by atoms with E-state index in [0.29, 0.717) is 11.3 Å². The van der Waals surface area contributed by atoms with Crippen LogP contribution in [0.15, 0.2) is 40.3 Å². The van der Waals surface area contributed by atoms with Gasteiger partial charge in [-0.05, 0) is 12.1 Å². The Balaban J connectivity index is 2.67. The molecule has 0 aliphatic rings. The molecule has 0 saturated carbocycles. The Hall–Kier alpha value is -2.21. The van der Waals surface area contributed by atoms with Crippen LogP contribution in [0.1, 0.15) is 5.56 Å². The van der Waals surface area contributed by atoms with Gasteiger partial charge in [0.2, 0.25) is 0 Å². The maximum Gasteiger partial charge on any atom is 0.332 e. The van der Waals surface area contributed by atoms with E-state index in [4.69, 9.17) is 5.73 Å². The third-order valence-corrected chi connectivity index (χ3v) is 2.18. The lowest BCUT2D eigenvalue weighted by Gasteiger charge is -2.05. The van der Waals surface area contributed by atoms with E-state index >= 15 is 0 Å². The van der Waals surface area contributed by atoms with Crippen LogP contribution in [0.3, 0.4) is 0 Å². The summed E-state index contributed by atoms with van der Waals surface area (Å²) in [7, 11) is 0. The van der Waals surface area contributed by atoms with Crippen molar-refractivity contribution in [2.45, 2.75) is 6.54 Å². The lowest BCUT2D eigenvalue weighted by atomic mass is 10.3. The molecule has 2 aromatic heterocycles. The fourth-order valence-electron chi connectivity index (χ4n) is 1.35. The predicted molar refractivity (Wildman–Crippen MR) is 58.3 cm³/mol. The van der Waals surface area contributed by atoms with Gasteiger partial charge in [0.05, 0.1) is 5.69 Å². The second-order valence-electron chi connectivity index (χ2n) is 3.19. The second-order valence-corrected chi connectivity index (χ2v) is 3.19. The number of H-pyrrole nitrogens is 1. The molecule has 0 spiro atoms. The third-order valence-electron chi connectivity index (χ3n) is 2.18. The Morgan fingerprint density at radius 1 is 1.31 bits per heavy atom. The van der Waals surface area contributed by atoms with Crippen molar-refractivity contribution < 1.29 is 0 Å². The highest BCUT2D eigenvalue weighted by atomic mass is 16.2. The largest absolute Gasteiger partial charge is 0.332 e. The van der Waals surface area contributed by atoms with Crippen LogP contribution >= 0.6 is 0 Å². The highest BCUT2D eigenvalue weighted by molar-refractivity contribution is 5.29. The van der Waals surface area contributed by atoms with Gasteiger partial charge in [0, 0.05) is 30.7 Å². The van der Waals surface area contributed by atoms with Crippen LogP contribution in [0.5, 0.6) is 0 Å². The van der Waals surface area contributed by atoms with Crippen molar-refractivity contribution in [3.63, 3.8) is 0 Å². The van der Waals surface area contributed by atoms with E-state index in [1.165, 1.54) is 10.8 Å². The van der Waals surface area contributed by atoms with Gasteiger partial charge in [0.15, 0.2) is 0 Å². The normalized spacial score (nSPS) is 10.3. The Kier molecular flexibility index (Phi) is 2.65. The Labute approximate surface area is 90.4 Å². The van der Waals surface area contributed by atoms with E-state index < -0.39 is 11.2 Å². The topological polar surface area (TPSA) is 93.8 Å². The van der Waals surface area contributed by atoms with E-state index in [9.17, 15) is 9.59 Å². The summed E-state index contributed by atoms with van der Waals surface area (Å²) in [6.07, 6.45) is 4.57. The second kappa shape index (κ2) is 4.11. The Bertz CT molecular complexity index is 600. The average Bonchev–Trinajstić information content (AvgIpc) is 2.30. The average molecular weight is 218 g/mol. The molecule has 0 atom stereocenters. The quantitative estimate of drug-likeness (QED) is 0.702. The van der Waals surface area contributed by atoms with Crippen LogP contribution in [0.4, 0.5) is 0 Å². The fraction of sp³-hybridized carbons (Fsp3) is 0.100. The molecule has 0 bridgehead atoms. The molecule has 6 nitrogen and oxygen atoms in total. The molecule has 0 amide bonds. The van der Waals surface area contributed by atoms with Gasteiger partial charge >= 0.3 is 5.69 Å². The molecular weight excluding hydrogens is 208 g/mol. The summed E-state index contributed by atoms with van der Waals surface area (Å²) < 4.78 is 1.32. The van der Waals surface area contributed by atoms with Crippen LogP contribution in [0, 0.1) is 0 Å². The van der Waals surface area contributed by atoms with Gasteiger partial charge in [-0.2, -0.15) is 0 Å². The van der Waals surface area contributed by atoms with Crippen LogP contribution in [0.25, 0.3) is 5.69 Å². The van der Waals surface area contributed by atoms with Crippen LogP contribution < -0.4 is 17.0 Å². The van der Waals surface area contributed by atoms with Crippen molar-refractivity contribution in [2.75, 3.05) is 0 Å². The number of rotatable bonds is 2. The van der Waals surface area contributed by atoms with Crippen LogP contribution in [-0.4, -0.2) is 14.5 Å². The first kappa shape index (κ1) is 10.3. The maximum atomic E-state index is 11.6. The summed E-state index contributed by atoms with van der Waals surface area (Å²) >= 11 is 0. The summed E-state index contributed by atoms with van der Waals surface area (Å²) in [6, 6.07) is 3.33. The number of nitrogens with two attached hydrogens (primary N) is 1. The first-order chi connectivity index (χ1) is 7.72. The summed E-state index contributed by atoms with van der Waals surface area (Å²) in [5, 5.41) is 0. The Morgan fingerprint density at radius 3 is 2.62 bits per heavy atom.